The second-order valence-corrected chi connectivity index (χ2v) is 11.9. The molecule has 1 saturated heterocycles. The lowest BCUT2D eigenvalue weighted by atomic mass is 9.66. The molecule has 37 heavy (non-hydrogen) atoms. The lowest BCUT2D eigenvalue weighted by Crippen LogP contribution is -2.49. The predicted octanol–water partition coefficient (Wildman–Crippen LogP) is 4.07. The number of hydrogen-bond donors (Lipinski definition) is 3. The lowest BCUT2D eigenvalue weighted by Gasteiger charge is -2.45. The van der Waals surface area contributed by atoms with E-state index in [1.807, 2.05) is 0 Å². The maximum absolute atomic E-state index is 12.1. The van der Waals surface area contributed by atoms with Gasteiger partial charge in [-0.15, -0.1) is 0 Å². The minimum Gasteiger partial charge on any atom is -0.462 e. The standard InChI is InChI=1S/C29H52N2O6/c1-19(32)36-24(17-27(37-20(2)33)21-9-7-5-4-6-8-10-21)12-11-22-15-28(35-3)26(34)18-25(22)23-13-14-31-29(30)16-23/h21-29,31,34H,4-18,30H2,1-3H3. The lowest BCUT2D eigenvalue weighted by molar-refractivity contribution is -0.156. The molecule has 0 spiro atoms. The molecule has 214 valence electrons. The van der Waals surface area contributed by atoms with Gasteiger partial charge in [-0.1, -0.05) is 32.1 Å². The largest absolute Gasteiger partial charge is 0.462 e. The van der Waals surface area contributed by atoms with Crippen LogP contribution in [0, 0.1) is 23.7 Å². The smallest absolute Gasteiger partial charge is 0.302 e. The molecule has 1 heterocycles. The summed E-state index contributed by atoms with van der Waals surface area (Å²) in [7, 11) is 1.67. The van der Waals surface area contributed by atoms with Crippen LogP contribution in [0.2, 0.25) is 0 Å². The SMILES string of the molecule is COC1CC(CCC(CC(OC(C)=O)C2CCCCCCC2)OC(C)=O)C(C2CCNC(N)C2)CC1O. The number of aliphatic hydroxyl groups excluding tert-OH is 1. The summed E-state index contributed by atoms with van der Waals surface area (Å²) in [6.45, 7) is 3.84. The normalized spacial score (nSPS) is 33.5. The molecular weight excluding hydrogens is 472 g/mol. The van der Waals surface area contributed by atoms with Crippen LogP contribution in [0.5, 0.6) is 0 Å². The average molecular weight is 525 g/mol. The van der Waals surface area contributed by atoms with E-state index in [1.165, 1.54) is 33.1 Å². The Hall–Kier alpha value is -1.22. The fourth-order valence-corrected chi connectivity index (χ4v) is 7.31. The van der Waals surface area contributed by atoms with Crippen LogP contribution in [0.15, 0.2) is 0 Å². The molecule has 8 unspecified atom stereocenters. The Morgan fingerprint density at radius 2 is 1.65 bits per heavy atom. The molecule has 2 saturated carbocycles. The zero-order chi connectivity index (χ0) is 26.8. The van der Waals surface area contributed by atoms with Crippen molar-refractivity contribution in [3.63, 3.8) is 0 Å². The number of rotatable bonds is 10. The molecule has 0 amide bonds. The van der Waals surface area contributed by atoms with Crippen molar-refractivity contribution in [1.29, 1.82) is 0 Å². The predicted molar refractivity (Wildman–Crippen MR) is 142 cm³/mol. The Bertz CT molecular complexity index is 698. The molecule has 3 fully saturated rings. The number of ether oxygens (including phenoxy) is 3. The zero-order valence-corrected chi connectivity index (χ0v) is 23.4. The van der Waals surface area contributed by atoms with E-state index in [4.69, 9.17) is 19.9 Å². The van der Waals surface area contributed by atoms with Crippen molar-refractivity contribution < 1.29 is 28.9 Å². The molecule has 0 aromatic heterocycles. The van der Waals surface area contributed by atoms with Crippen LogP contribution >= 0.6 is 0 Å². The molecule has 2 aliphatic carbocycles. The van der Waals surface area contributed by atoms with Crippen molar-refractivity contribution >= 4 is 11.9 Å². The van der Waals surface area contributed by atoms with Crippen LogP contribution in [0.4, 0.5) is 0 Å². The number of carbonyl (C=O) groups excluding carboxylic acids is 2. The van der Waals surface area contributed by atoms with Crippen molar-refractivity contribution in [2.45, 2.75) is 134 Å². The highest BCUT2D eigenvalue weighted by molar-refractivity contribution is 5.66. The Morgan fingerprint density at radius 1 is 0.973 bits per heavy atom. The molecule has 3 rings (SSSR count). The highest BCUT2D eigenvalue weighted by atomic mass is 16.6. The van der Waals surface area contributed by atoms with Gasteiger partial charge in [0.05, 0.1) is 18.4 Å². The molecule has 0 radical (unpaired) electrons. The second kappa shape index (κ2) is 15.4. The van der Waals surface area contributed by atoms with Crippen molar-refractivity contribution in [3.05, 3.63) is 0 Å². The van der Waals surface area contributed by atoms with Crippen LogP contribution < -0.4 is 11.1 Å². The third kappa shape index (κ3) is 9.79. The molecule has 8 atom stereocenters. The fourth-order valence-electron chi connectivity index (χ4n) is 7.31. The van der Waals surface area contributed by atoms with Crippen LogP contribution in [0.25, 0.3) is 0 Å². The molecule has 8 heteroatoms. The van der Waals surface area contributed by atoms with Crippen LogP contribution in [-0.4, -0.2) is 61.3 Å². The summed E-state index contributed by atoms with van der Waals surface area (Å²) >= 11 is 0. The summed E-state index contributed by atoms with van der Waals surface area (Å²) < 4.78 is 17.3. The van der Waals surface area contributed by atoms with Crippen LogP contribution in [0.1, 0.15) is 104 Å². The quantitative estimate of drug-likeness (QED) is 0.366. The number of nitrogens with two attached hydrogens (primary N) is 1. The van der Waals surface area contributed by atoms with E-state index in [0.717, 1.165) is 70.8 Å². The molecule has 0 bridgehead atoms. The molecule has 0 aromatic rings. The number of nitrogens with one attached hydrogen (secondary N) is 1. The van der Waals surface area contributed by atoms with E-state index in [2.05, 4.69) is 5.32 Å². The topological polar surface area (TPSA) is 120 Å². The first-order chi connectivity index (χ1) is 17.8. The Morgan fingerprint density at radius 3 is 2.27 bits per heavy atom. The van der Waals surface area contributed by atoms with Gasteiger partial charge in [-0.25, -0.2) is 0 Å². The highest BCUT2D eigenvalue weighted by Gasteiger charge is 2.41. The van der Waals surface area contributed by atoms with Gasteiger partial charge < -0.3 is 30.4 Å². The van der Waals surface area contributed by atoms with E-state index in [0.29, 0.717) is 30.1 Å². The van der Waals surface area contributed by atoms with Gasteiger partial charge in [0.25, 0.3) is 0 Å². The third-order valence-electron chi connectivity index (χ3n) is 9.15. The third-order valence-corrected chi connectivity index (χ3v) is 9.15. The Kier molecular flexibility index (Phi) is 12.6. The van der Waals surface area contributed by atoms with Crippen LogP contribution in [-0.2, 0) is 23.8 Å². The van der Waals surface area contributed by atoms with Crippen molar-refractivity contribution in [1.82, 2.24) is 5.32 Å². The highest BCUT2D eigenvalue weighted by Crippen LogP contribution is 2.43. The van der Waals surface area contributed by atoms with Gasteiger partial charge in [0.15, 0.2) is 0 Å². The van der Waals surface area contributed by atoms with E-state index < -0.39 is 6.10 Å². The zero-order valence-electron chi connectivity index (χ0n) is 23.4. The Balaban J connectivity index is 1.70. The van der Waals surface area contributed by atoms with E-state index in [1.54, 1.807) is 7.11 Å². The summed E-state index contributed by atoms with van der Waals surface area (Å²) in [5.74, 6) is 0.940. The van der Waals surface area contributed by atoms with Crippen LogP contribution in [0.3, 0.4) is 0 Å². The van der Waals surface area contributed by atoms with Gasteiger partial charge in [-0.2, -0.15) is 0 Å². The molecule has 3 aliphatic rings. The summed E-state index contributed by atoms with van der Waals surface area (Å²) in [6.07, 6.45) is 12.6. The van der Waals surface area contributed by atoms with Crippen molar-refractivity contribution in [3.8, 4) is 0 Å². The molecule has 0 aromatic carbocycles. The van der Waals surface area contributed by atoms with Gasteiger partial charge in [0.2, 0.25) is 0 Å². The van der Waals surface area contributed by atoms with Gasteiger partial charge >= 0.3 is 11.9 Å². The number of hydrogen-bond acceptors (Lipinski definition) is 8. The van der Waals surface area contributed by atoms with E-state index in [-0.39, 0.29) is 36.4 Å². The molecule has 4 N–H and O–H groups in total. The fraction of sp³-hybridized carbons (Fsp3) is 0.931. The molecule has 1 aliphatic heterocycles. The molecular formula is C29H52N2O6. The Labute approximate surface area is 223 Å². The van der Waals surface area contributed by atoms with E-state index >= 15 is 0 Å². The second-order valence-electron chi connectivity index (χ2n) is 11.9. The first kappa shape index (κ1) is 30.3. The summed E-state index contributed by atoms with van der Waals surface area (Å²) in [5, 5.41) is 14.1. The number of carbonyl (C=O) groups is 2. The van der Waals surface area contributed by atoms with Gasteiger partial charge in [0.1, 0.15) is 12.2 Å². The number of methoxy groups -OCH3 is 1. The van der Waals surface area contributed by atoms with Crippen molar-refractivity contribution in [2.75, 3.05) is 13.7 Å². The van der Waals surface area contributed by atoms with Crippen molar-refractivity contribution in [2.24, 2.45) is 29.4 Å². The number of esters is 2. The number of piperidine rings is 1. The summed E-state index contributed by atoms with van der Waals surface area (Å²) in [6, 6.07) is 0. The van der Waals surface area contributed by atoms with Gasteiger partial charge in [-0.3, -0.25) is 9.59 Å². The first-order valence-corrected chi connectivity index (χ1v) is 14.8. The maximum Gasteiger partial charge on any atom is 0.302 e. The average Bonchev–Trinajstić information content (AvgIpc) is 2.81. The van der Waals surface area contributed by atoms with Gasteiger partial charge in [0, 0.05) is 27.4 Å². The first-order valence-electron chi connectivity index (χ1n) is 14.8. The monoisotopic (exact) mass is 524 g/mol. The minimum absolute atomic E-state index is 0.00116. The number of aliphatic hydroxyl groups is 1. The maximum atomic E-state index is 12.1. The van der Waals surface area contributed by atoms with E-state index in [9.17, 15) is 14.7 Å². The molecule has 8 nitrogen and oxygen atoms in total. The van der Waals surface area contributed by atoms with Gasteiger partial charge in [-0.05, 0) is 81.6 Å². The summed E-state index contributed by atoms with van der Waals surface area (Å²) in [5.41, 5.74) is 6.23. The minimum atomic E-state index is -0.464. The summed E-state index contributed by atoms with van der Waals surface area (Å²) in [4.78, 5) is 24.1.